The summed E-state index contributed by atoms with van der Waals surface area (Å²) in [6.07, 6.45) is 2.49. The normalized spacial score (nSPS) is 13.4. The summed E-state index contributed by atoms with van der Waals surface area (Å²) < 4.78 is 6.08. The average molecular weight is 363 g/mol. The Bertz CT molecular complexity index is 874. The second kappa shape index (κ2) is 7.72. The number of hydrogen-bond acceptors (Lipinski definition) is 4. The van der Waals surface area contributed by atoms with Crippen LogP contribution in [0.15, 0.2) is 66.0 Å². The number of ether oxygens (including phenoxy) is 1. The standard InChI is InChI=1S/C21H21N3OS/c22-21(20-7-4-12-26-20)24-17-10-11-19(25-18-5-2-1-3-6-18)15(13-17)14-23-16-8-9-16/h1-7,10-13,16,23H,8-9,14H2,(H2,22,24). The predicted octanol–water partition coefficient (Wildman–Crippen LogP) is 5.23. The van der Waals surface area contributed by atoms with Crippen LogP contribution in [0.3, 0.4) is 0 Å². The molecular weight excluding hydrogens is 342 g/mol. The summed E-state index contributed by atoms with van der Waals surface area (Å²) in [7, 11) is 0. The average Bonchev–Trinajstić information content (AvgIpc) is 3.33. The molecular formula is C21H21N3OS. The first-order valence-corrected chi connectivity index (χ1v) is 9.64. The Morgan fingerprint density at radius 2 is 1.92 bits per heavy atom. The molecule has 4 rings (SSSR count). The number of hydrogen-bond donors (Lipinski definition) is 3. The van der Waals surface area contributed by atoms with E-state index in [0.717, 1.165) is 34.2 Å². The molecule has 4 nitrogen and oxygen atoms in total. The maximum absolute atomic E-state index is 8.22. The van der Waals surface area contributed by atoms with Gasteiger partial charge < -0.3 is 15.4 Å². The predicted molar refractivity (Wildman–Crippen MR) is 108 cm³/mol. The lowest BCUT2D eigenvalue weighted by atomic mass is 10.1. The lowest BCUT2D eigenvalue weighted by Crippen LogP contribution is -2.16. The van der Waals surface area contributed by atoms with Crippen molar-refractivity contribution in [1.82, 2.24) is 5.32 Å². The molecule has 0 radical (unpaired) electrons. The summed E-state index contributed by atoms with van der Waals surface area (Å²) in [5, 5.41) is 16.9. The van der Waals surface area contributed by atoms with E-state index in [2.05, 4.69) is 16.7 Å². The summed E-state index contributed by atoms with van der Waals surface area (Å²) in [6.45, 7) is 0.759. The molecule has 2 aromatic carbocycles. The maximum atomic E-state index is 8.22. The Balaban J connectivity index is 1.54. The van der Waals surface area contributed by atoms with E-state index in [0.29, 0.717) is 11.9 Å². The van der Waals surface area contributed by atoms with E-state index in [4.69, 9.17) is 10.1 Å². The minimum absolute atomic E-state index is 0.415. The quantitative estimate of drug-likeness (QED) is 0.398. The van der Waals surface area contributed by atoms with Crippen LogP contribution in [0, 0.1) is 5.41 Å². The molecule has 1 fully saturated rings. The van der Waals surface area contributed by atoms with E-state index in [9.17, 15) is 0 Å². The van der Waals surface area contributed by atoms with Crippen LogP contribution < -0.4 is 15.4 Å². The van der Waals surface area contributed by atoms with Crippen molar-refractivity contribution in [3.63, 3.8) is 0 Å². The highest BCUT2D eigenvalue weighted by Gasteiger charge is 2.21. The van der Waals surface area contributed by atoms with E-state index in [1.165, 1.54) is 12.8 Å². The van der Waals surface area contributed by atoms with Crippen molar-refractivity contribution in [2.45, 2.75) is 25.4 Å². The first kappa shape index (κ1) is 16.8. The highest BCUT2D eigenvalue weighted by atomic mass is 32.1. The third kappa shape index (κ3) is 4.31. The molecule has 5 heteroatoms. The molecule has 0 bridgehead atoms. The van der Waals surface area contributed by atoms with Crippen LogP contribution in [0.25, 0.3) is 0 Å². The minimum atomic E-state index is 0.415. The summed E-state index contributed by atoms with van der Waals surface area (Å²) in [4.78, 5) is 0.923. The van der Waals surface area contributed by atoms with E-state index < -0.39 is 0 Å². The van der Waals surface area contributed by atoms with Crippen LogP contribution in [0.2, 0.25) is 0 Å². The zero-order valence-electron chi connectivity index (χ0n) is 14.4. The fraction of sp³-hybridized carbons (Fsp3) is 0.190. The van der Waals surface area contributed by atoms with Gasteiger partial charge in [0.25, 0.3) is 0 Å². The lowest BCUT2D eigenvalue weighted by molar-refractivity contribution is 0.472. The molecule has 3 aromatic rings. The van der Waals surface area contributed by atoms with Gasteiger partial charge in [-0.2, -0.15) is 0 Å². The van der Waals surface area contributed by atoms with E-state index in [1.807, 2.05) is 60.0 Å². The van der Waals surface area contributed by atoms with Gasteiger partial charge in [-0.05, 0) is 54.6 Å². The molecule has 1 saturated carbocycles. The maximum Gasteiger partial charge on any atom is 0.140 e. The smallest absolute Gasteiger partial charge is 0.140 e. The zero-order valence-corrected chi connectivity index (χ0v) is 15.2. The molecule has 0 amide bonds. The molecule has 26 heavy (non-hydrogen) atoms. The largest absolute Gasteiger partial charge is 0.457 e. The Morgan fingerprint density at radius 1 is 1.08 bits per heavy atom. The van der Waals surface area contributed by atoms with Crippen LogP contribution in [0.1, 0.15) is 23.3 Å². The lowest BCUT2D eigenvalue weighted by Gasteiger charge is -2.15. The van der Waals surface area contributed by atoms with Crippen LogP contribution in [0.4, 0.5) is 5.69 Å². The number of amidine groups is 1. The van der Waals surface area contributed by atoms with Gasteiger partial charge in [0, 0.05) is 23.8 Å². The van der Waals surface area contributed by atoms with Gasteiger partial charge in [0.2, 0.25) is 0 Å². The fourth-order valence-electron chi connectivity index (χ4n) is 2.68. The van der Waals surface area contributed by atoms with E-state index >= 15 is 0 Å². The van der Waals surface area contributed by atoms with Gasteiger partial charge in [-0.3, -0.25) is 5.41 Å². The van der Waals surface area contributed by atoms with Crippen LogP contribution in [-0.2, 0) is 6.54 Å². The van der Waals surface area contributed by atoms with Crippen molar-refractivity contribution in [3.8, 4) is 11.5 Å². The first-order valence-electron chi connectivity index (χ1n) is 8.76. The second-order valence-electron chi connectivity index (χ2n) is 6.37. The number of nitrogens with one attached hydrogen (secondary N) is 3. The van der Waals surface area contributed by atoms with Crippen molar-refractivity contribution in [2.75, 3.05) is 5.32 Å². The van der Waals surface area contributed by atoms with Gasteiger partial charge in [-0.15, -0.1) is 11.3 Å². The van der Waals surface area contributed by atoms with Crippen LogP contribution >= 0.6 is 11.3 Å². The van der Waals surface area contributed by atoms with Crippen molar-refractivity contribution in [3.05, 3.63) is 76.5 Å². The molecule has 0 spiro atoms. The molecule has 1 heterocycles. The first-order chi connectivity index (χ1) is 12.8. The molecule has 0 atom stereocenters. The SMILES string of the molecule is N=C(Nc1ccc(Oc2ccccc2)c(CNC2CC2)c1)c1cccs1. The zero-order chi connectivity index (χ0) is 17.8. The topological polar surface area (TPSA) is 57.1 Å². The Morgan fingerprint density at radius 3 is 2.65 bits per heavy atom. The summed E-state index contributed by atoms with van der Waals surface area (Å²) in [5.74, 6) is 2.09. The number of thiophene rings is 1. The third-order valence-corrected chi connectivity index (χ3v) is 5.11. The molecule has 132 valence electrons. The highest BCUT2D eigenvalue weighted by Crippen LogP contribution is 2.29. The molecule has 0 saturated heterocycles. The fourth-order valence-corrected chi connectivity index (χ4v) is 3.31. The van der Waals surface area contributed by atoms with Crippen molar-refractivity contribution in [2.24, 2.45) is 0 Å². The molecule has 1 aromatic heterocycles. The molecule has 1 aliphatic rings. The van der Waals surface area contributed by atoms with Gasteiger partial charge in [0.1, 0.15) is 17.3 Å². The highest BCUT2D eigenvalue weighted by molar-refractivity contribution is 7.12. The Kier molecular flexibility index (Phi) is 5.00. The Hall–Kier alpha value is -2.63. The van der Waals surface area contributed by atoms with Crippen molar-refractivity contribution >= 4 is 22.9 Å². The van der Waals surface area contributed by atoms with Crippen LogP contribution in [-0.4, -0.2) is 11.9 Å². The monoisotopic (exact) mass is 363 g/mol. The minimum Gasteiger partial charge on any atom is -0.457 e. The second-order valence-corrected chi connectivity index (χ2v) is 7.32. The number of para-hydroxylation sites is 1. The van der Waals surface area contributed by atoms with Gasteiger partial charge >= 0.3 is 0 Å². The van der Waals surface area contributed by atoms with Gasteiger partial charge in [0.15, 0.2) is 0 Å². The Labute approximate surface area is 157 Å². The number of rotatable bonds is 7. The number of benzene rings is 2. The molecule has 3 N–H and O–H groups in total. The molecule has 0 unspecified atom stereocenters. The van der Waals surface area contributed by atoms with Crippen LogP contribution in [0.5, 0.6) is 11.5 Å². The van der Waals surface area contributed by atoms with Gasteiger partial charge in [-0.1, -0.05) is 24.3 Å². The van der Waals surface area contributed by atoms with E-state index in [-0.39, 0.29) is 0 Å². The van der Waals surface area contributed by atoms with Gasteiger partial charge in [0.05, 0.1) is 4.88 Å². The summed E-state index contributed by atoms with van der Waals surface area (Å²) >= 11 is 1.56. The van der Waals surface area contributed by atoms with Crippen molar-refractivity contribution in [1.29, 1.82) is 5.41 Å². The molecule has 1 aliphatic carbocycles. The van der Waals surface area contributed by atoms with Gasteiger partial charge in [-0.25, -0.2) is 0 Å². The molecule has 0 aliphatic heterocycles. The third-order valence-electron chi connectivity index (χ3n) is 4.23. The summed E-state index contributed by atoms with van der Waals surface area (Å²) in [6, 6.07) is 20.4. The summed E-state index contributed by atoms with van der Waals surface area (Å²) in [5.41, 5.74) is 1.99. The van der Waals surface area contributed by atoms with E-state index in [1.54, 1.807) is 11.3 Å². The van der Waals surface area contributed by atoms with Crippen molar-refractivity contribution < 1.29 is 4.74 Å². The number of anilines is 1.